The van der Waals surface area contributed by atoms with E-state index < -0.39 is 4.51 Å². The third-order valence-electron chi connectivity index (χ3n) is 7.24. The molecule has 2 fully saturated rings. The van der Waals surface area contributed by atoms with E-state index in [0.29, 0.717) is 13.0 Å². The van der Waals surface area contributed by atoms with E-state index >= 15 is 0 Å². The van der Waals surface area contributed by atoms with Crippen LogP contribution < -0.4 is 4.74 Å². The van der Waals surface area contributed by atoms with Gasteiger partial charge in [-0.15, -0.1) is 0 Å². The predicted octanol–water partition coefficient (Wildman–Crippen LogP) is 6.03. The van der Waals surface area contributed by atoms with Crippen LogP contribution in [0.25, 0.3) is 17.0 Å². The first-order valence-corrected chi connectivity index (χ1v) is 14.4. The smallest absolute Gasteiger partial charge is 0.147 e. The van der Waals surface area contributed by atoms with Crippen molar-refractivity contribution in [2.24, 2.45) is 0 Å². The van der Waals surface area contributed by atoms with E-state index in [9.17, 15) is 0 Å². The molecule has 0 radical (unpaired) electrons. The van der Waals surface area contributed by atoms with E-state index in [1.165, 1.54) is 64.7 Å². The first-order chi connectivity index (χ1) is 16.6. The number of nitrogens with zero attached hydrogens (tertiary/aromatic N) is 3. The number of likely N-dealkylation sites (tertiary alicyclic amines) is 2. The van der Waals surface area contributed by atoms with E-state index in [1.807, 2.05) is 0 Å². The summed E-state index contributed by atoms with van der Waals surface area (Å²) in [6.07, 6.45) is 12.9. The largest absolute Gasteiger partial charge is 0.491 e. The van der Waals surface area contributed by atoms with Gasteiger partial charge >= 0.3 is 0 Å². The number of rotatable bonds is 8. The fraction of sp³-hybridized carbons (Fsp3) is 0.593. The van der Waals surface area contributed by atoms with E-state index in [1.54, 1.807) is 0 Å². The van der Waals surface area contributed by atoms with Gasteiger partial charge < -0.3 is 14.4 Å². The Bertz CT molecular complexity index is 1020. The van der Waals surface area contributed by atoms with Crippen molar-refractivity contribution in [3.63, 3.8) is 0 Å². The zero-order chi connectivity index (χ0) is 23.4. The van der Waals surface area contributed by atoms with E-state index in [2.05, 4.69) is 72.0 Å². The number of piperidine rings is 2. The van der Waals surface area contributed by atoms with Gasteiger partial charge in [0.1, 0.15) is 16.9 Å². The van der Waals surface area contributed by atoms with Crippen LogP contribution in [-0.2, 0) is 11.2 Å². The zero-order valence-electron chi connectivity index (χ0n) is 19.9. The first-order valence-electron chi connectivity index (χ1n) is 12.8. The molecule has 7 heteroatoms. The van der Waals surface area contributed by atoms with Gasteiger partial charge in [0, 0.05) is 24.9 Å². The van der Waals surface area contributed by atoms with Crippen molar-refractivity contribution in [3.05, 3.63) is 40.0 Å². The molecule has 3 aliphatic rings. The maximum atomic E-state index is 6.31. The average molecular weight is 593 g/mol. The van der Waals surface area contributed by atoms with Crippen LogP contribution in [0.4, 0.5) is 0 Å². The van der Waals surface area contributed by atoms with Crippen LogP contribution in [-0.4, -0.2) is 71.8 Å². The number of fused-ring (bicyclic) bond motifs is 2. The Labute approximate surface area is 220 Å². The minimum atomic E-state index is -0.495. The Morgan fingerprint density at radius 1 is 0.912 bits per heavy atom. The molecule has 1 aromatic heterocycles. The molecule has 5 rings (SSSR count). The average Bonchev–Trinajstić information content (AvgIpc) is 2.86. The van der Waals surface area contributed by atoms with Crippen molar-refractivity contribution in [2.75, 3.05) is 52.5 Å². The SMILES string of the molecule is Brc1c(OCCN2CCCCC2)ccc2cc3c(nc12)CC(Br)(OCCN1CCCCC1)C=C3. The van der Waals surface area contributed by atoms with E-state index in [-0.39, 0.29) is 0 Å². The lowest BCUT2D eigenvalue weighted by Crippen LogP contribution is -2.36. The van der Waals surface area contributed by atoms with Crippen LogP contribution in [0.5, 0.6) is 5.75 Å². The third kappa shape index (κ3) is 6.04. The molecule has 1 atom stereocenters. The first kappa shape index (κ1) is 24.7. The van der Waals surface area contributed by atoms with Crippen molar-refractivity contribution in [1.82, 2.24) is 14.8 Å². The summed E-state index contributed by atoms with van der Waals surface area (Å²) in [5.74, 6) is 0.867. The maximum absolute atomic E-state index is 6.31. The number of aromatic nitrogens is 1. The van der Waals surface area contributed by atoms with E-state index in [4.69, 9.17) is 14.5 Å². The Morgan fingerprint density at radius 3 is 2.29 bits per heavy atom. The number of ether oxygens (including phenoxy) is 2. The molecular formula is C27H35Br2N3O2. The molecule has 5 nitrogen and oxygen atoms in total. The van der Waals surface area contributed by atoms with Gasteiger partial charge in [0.2, 0.25) is 0 Å². The number of hydrogen-bond donors (Lipinski definition) is 0. The Kier molecular flexibility index (Phi) is 8.26. The van der Waals surface area contributed by atoms with Crippen LogP contribution in [0.15, 0.2) is 28.7 Å². The molecule has 0 saturated carbocycles. The molecule has 3 heterocycles. The van der Waals surface area contributed by atoms with Crippen LogP contribution in [0.2, 0.25) is 0 Å². The minimum absolute atomic E-state index is 0.495. The number of halogens is 2. The molecule has 34 heavy (non-hydrogen) atoms. The van der Waals surface area contributed by atoms with E-state index in [0.717, 1.165) is 52.1 Å². The van der Waals surface area contributed by atoms with Gasteiger partial charge in [0.15, 0.2) is 0 Å². The highest BCUT2D eigenvalue weighted by molar-refractivity contribution is 9.10. The quantitative estimate of drug-likeness (QED) is 0.350. The van der Waals surface area contributed by atoms with Crippen LogP contribution >= 0.6 is 31.9 Å². The monoisotopic (exact) mass is 591 g/mol. The highest BCUT2D eigenvalue weighted by Crippen LogP contribution is 2.37. The predicted molar refractivity (Wildman–Crippen MR) is 146 cm³/mol. The molecule has 2 aromatic rings. The van der Waals surface area contributed by atoms with Crippen molar-refractivity contribution < 1.29 is 9.47 Å². The van der Waals surface area contributed by atoms with Gasteiger partial charge in [-0.1, -0.05) is 18.9 Å². The van der Waals surface area contributed by atoms with Crippen LogP contribution in [0, 0.1) is 0 Å². The molecule has 0 N–H and O–H groups in total. The lowest BCUT2D eigenvalue weighted by Gasteiger charge is -2.31. The second-order valence-corrected chi connectivity index (χ2v) is 11.9. The summed E-state index contributed by atoms with van der Waals surface area (Å²) in [5.41, 5.74) is 3.16. The van der Waals surface area contributed by atoms with Gasteiger partial charge in [-0.3, -0.25) is 9.88 Å². The molecule has 0 spiro atoms. The van der Waals surface area contributed by atoms with Crippen molar-refractivity contribution in [3.8, 4) is 5.75 Å². The van der Waals surface area contributed by atoms with Crippen LogP contribution in [0.1, 0.15) is 49.8 Å². The minimum Gasteiger partial charge on any atom is -0.491 e. The summed E-state index contributed by atoms with van der Waals surface area (Å²) in [6.45, 7) is 8.17. The fourth-order valence-corrected chi connectivity index (χ4v) is 6.36. The van der Waals surface area contributed by atoms with Gasteiger partial charge in [-0.2, -0.15) is 0 Å². The topological polar surface area (TPSA) is 37.8 Å². The summed E-state index contributed by atoms with van der Waals surface area (Å²) in [7, 11) is 0. The summed E-state index contributed by atoms with van der Waals surface area (Å²) < 4.78 is 12.9. The van der Waals surface area contributed by atoms with Gasteiger partial charge in [-0.05, 0) is 114 Å². The van der Waals surface area contributed by atoms with Crippen molar-refractivity contribution in [1.29, 1.82) is 0 Å². The molecule has 2 aliphatic heterocycles. The maximum Gasteiger partial charge on any atom is 0.147 e. The summed E-state index contributed by atoms with van der Waals surface area (Å²) in [4.78, 5) is 10.1. The molecule has 1 aliphatic carbocycles. The lowest BCUT2D eigenvalue weighted by molar-refractivity contribution is 0.0432. The molecule has 2 saturated heterocycles. The molecule has 0 bridgehead atoms. The number of benzene rings is 1. The standard InChI is InChI=1S/C27H35Br2N3O2/c28-25-24(33-17-15-31-11-3-1-4-12-31)8-7-22-19-21-9-10-27(29,20-23(21)30-26(22)25)34-18-16-32-13-5-2-6-14-32/h7-10,19H,1-6,11-18,20H2. The van der Waals surface area contributed by atoms with Crippen LogP contribution in [0.3, 0.4) is 0 Å². The summed E-state index contributed by atoms with van der Waals surface area (Å²) in [6, 6.07) is 6.39. The second-order valence-electron chi connectivity index (χ2n) is 9.77. The highest BCUT2D eigenvalue weighted by atomic mass is 79.9. The Balaban J connectivity index is 1.24. The molecule has 0 amide bonds. The molecular weight excluding hydrogens is 558 g/mol. The Hall–Kier alpha value is -0.990. The highest BCUT2D eigenvalue weighted by Gasteiger charge is 2.30. The zero-order valence-corrected chi connectivity index (χ0v) is 23.1. The number of alkyl halides is 1. The lowest BCUT2D eigenvalue weighted by atomic mass is 9.98. The molecule has 184 valence electrons. The summed E-state index contributed by atoms with van der Waals surface area (Å²) >= 11 is 7.63. The number of pyridine rings is 1. The third-order valence-corrected chi connectivity index (χ3v) is 8.78. The van der Waals surface area contributed by atoms with Gasteiger partial charge in [-0.25, -0.2) is 0 Å². The fourth-order valence-electron chi connectivity index (χ4n) is 5.23. The molecule has 1 unspecified atom stereocenters. The number of hydrogen-bond acceptors (Lipinski definition) is 5. The molecule has 1 aromatic carbocycles. The normalized spacial score (nSPS) is 23.8. The van der Waals surface area contributed by atoms with Crippen molar-refractivity contribution in [2.45, 2.75) is 49.5 Å². The van der Waals surface area contributed by atoms with Gasteiger partial charge in [0.05, 0.1) is 22.3 Å². The Morgan fingerprint density at radius 2 is 1.59 bits per heavy atom. The van der Waals surface area contributed by atoms with Crippen molar-refractivity contribution >= 4 is 48.8 Å². The van der Waals surface area contributed by atoms with Gasteiger partial charge in [0.25, 0.3) is 0 Å². The second kappa shape index (κ2) is 11.4. The summed E-state index contributed by atoms with van der Waals surface area (Å²) in [5, 5.41) is 1.12.